The Labute approximate surface area is 195 Å². The number of aryl methyl sites for hydroxylation is 1. The second-order valence-corrected chi connectivity index (χ2v) is 9.59. The van der Waals surface area contributed by atoms with Gasteiger partial charge in [-0.25, -0.2) is 4.98 Å². The Kier molecular flexibility index (Phi) is 7.62. The smallest absolute Gasteiger partial charge is 0.224 e. The summed E-state index contributed by atoms with van der Waals surface area (Å²) in [5, 5.41) is 4.63. The van der Waals surface area contributed by atoms with Crippen LogP contribution in [0.2, 0.25) is 0 Å². The molecule has 5 rings (SSSR count). The molecule has 0 radical (unpaired) electrons. The van der Waals surface area contributed by atoms with E-state index in [2.05, 4.69) is 69.6 Å². The average molecular weight is 456 g/mol. The zero-order valence-corrected chi connectivity index (χ0v) is 19.8. The van der Waals surface area contributed by atoms with Crippen LogP contribution in [0.25, 0.3) is 10.9 Å². The summed E-state index contributed by atoms with van der Waals surface area (Å²) >= 11 is 0. The monoisotopic (exact) mass is 455 g/mol. The standard InChI is InChI=1S/C25H33N5O.2H2O/c1-17(2)30-15-18-13-23-21(20-6-4-7-22(30)24(18)20)12-19(14-28(23)3)25(31)27-8-5-10-29-11-9-26-16-29;;/h4,6-7,9,11,15-17,19,21,23H,5,8,10,12-14H2,1-3H3,(H,27,31);2*1H2/t19-,21?,23-;;/m1../s1. The molecule has 1 aliphatic carbocycles. The Morgan fingerprint density at radius 2 is 2.09 bits per heavy atom. The molecule has 3 atom stereocenters. The summed E-state index contributed by atoms with van der Waals surface area (Å²) in [7, 11) is 2.20. The van der Waals surface area contributed by atoms with Crippen molar-refractivity contribution >= 4 is 16.8 Å². The number of hydrogen-bond acceptors (Lipinski definition) is 3. The van der Waals surface area contributed by atoms with Crippen LogP contribution >= 0.6 is 0 Å². The number of likely N-dealkylation sites (tertiary alicyclic amines) is 1. The van der Waals surface area contributed by atoms with Crippen LogP contribution in [0.5, 0.6) is 0 Å². The summed E-state index contributed by atoms with van der Waals surface area (Å²) in [4.78, 5) is 19.5. The highest BCUT2D eigenvalue weighted by molar-refractivity contribution is 5.89. The Hall–Kier alpha value is -2.68. The third-order valence-electron chi connectivity index (χ3n) is 7.25. The SMILES string of the molecule is CC(C)n1cc2c3c(cccc31)C1C[C@@H](C(=O)NCCCn3ccnc3)CN(C)[C@@H]1C2.O.O. The first-order valence-corrected chi connectivity index (χ1v) is 11.6. The van der Waals surface area contributed by atoms with Gasteiger partial charge in [-0.05, 0) is 57.4 Å². The van der Waals surface area contributed by atoms with Gasteiger partial charge in [0.25, 0.3) is 0 Å². The molecule has 1 unspecified atom stereocenters. The van der Waals surface area contributed by atoms with E-state index in [-0.39, 0.29) is 22.8 Å². The molecule has 0 spiro atoms. The van der Waals surface area contributed by atoms with Crippen LogP contribution in [-0.2, 0) is 17.8 Å². The van der Waals surface area contributed by atoms with Crippen molar-refractivity contribution < 1.29 is 15.7 Å². The Morgan fingerprint density at radius 1 is 1.27 bits per heavy atom. The maximum atomic E-state index is 13.0. The predicted molar refractivity (Wildman–Crippen MR) is 130 cm³/mol. The van der Waals surface area contributed by atoms with Gasteiger partial charge in [0, 0.05) is 67.1 Å². The van der Waals surface area contributed by atoms with E-state index in [0.717, 1.165) is 32.4 Å². The van der Waals surface area contributed by atoms with Crippen LogP contribution in [0, 0.1) is 5.92 Å². The normalized spacial score (nSPS) is 21.9. The highest BCUT2D eigenvalue weighted by atomic mass is 16.1. The quantitative estimate of drug-likeness (QED) is 0.572. The van der Waals surface area contributed by atoms with Crippen molar-refractivity contribution in [3.05, 3.63) is 54.2 Å². The van der Waals surface area contributed by atoms with Gasteiger partial charge in [0.15, 0.2) is 0 Å². The summed E-state index contributed by atoms with van der Waals surface area (Å²) in [6, 6.07) is 7.67. The lowest BCUT2D eigenvalue weighted by molar-refractivity contribution is -0.127. The molecule has 3 heterocycles. The number of fused-ring (bicyclic) bond motifs is 2. The molecular formula is C25H37N5O3. The van der Waals surface area contributed by atoms with Crippen LogP contribution in [0.15, 0.2) is 43.1 Å². The van der Waals surface area contributed by atoms with Crippen LogP contribution in [-0.4, -0.2) is 62.1 Å². The number of likely N-dealkylation sites (N-methyl/N-ethyl adjacent to an activating group) is 1. The molecule has 1 amide bonds. The number of imidazole rings is 1. The molecule has 33 heavy (non-hydrogen) atoms. The summed E-state index contributed by atoms with van der Waals surface area (Å²) < 4.78 is 4.46. The maximum absolute atomic E-state index is 13.0. The zero-order chi connectivity index (χ0) is 21.5. The third-order valence-corrected chi connectivity index (χ3v) is 7.25. The molecule has 1 fully saturated rings. The number of carbonyl (C=O) groups is 1. The third kappa shape index (κ3) is 4.55. The highest BCUT2D eigenvalue weighted by Crippen LogP contribution is 2.45. The Bertz CT molecular complexity index is 1080. The lowest BCUT2D eigenvalue weighted by Gasteiger charge is -2.45. The van der Waals surface area contributed by atoms with Gasteiger partial charge in [-0.2, -0.15) is 0 Å². The number of piperidine rings is 1. The molecule has 0 saturated carbocycles. The molecular weight excluding hydrogens is 418 g/mol. The molecule has 1 aliphatic heterocycles. The van der Waals surface area contributed by atoms with Crippen molar-refractivity contribution in [3.8, 4) is 0 Å². The minimum Gasteiger partial charge on any atom is -0.412 e. The Morgan fingerprint density at radius 3 is 2.82 bits per heavy atom. The molecule has 1 saturated heterocycles. The van der Waals surface area contributed by atoms with Gasteiger partial charge in [-0.3, -0.25) is 4.79 Å². The fourth-order valence-electron chi connectivity index (χ4n) is 5.73. The largest absolute Gasteiger partial charge is 0.412 e. The van der Waals surface area contributed by atoms with Crippen molar-refractivity contribution in [3.63, 3.8) is 0 Å². The fraction of sp³-hybridized carbons (Fsp3) is 0.520. The lowest BCUT2D eigenvalue weighted by Crippen LogP contribution is -2.51. The summed E-state index contributed by atoms with van der Waals surface area (Å²) in [5.74, 6) is 0.664. The maximum Gasteiger partial charge on any atom is 0.224 e. The molecule has 180 valence electrons. The van der Waals surface area contributed by atoms with E-state index in [1.807, 2.05) is 12.5 Å². The number of rotatable bonds is 6. The molecule has 3 aromatic rings. The van der Waals surface area contributed by atoms with Crippen LogP contribution < -0.4 is 5.32 Å². The molecule has 2 aliphatic rings. The molecule has 8 heteroatoms. The van der Waals surface area contributed by atoms with E-state index < -0.39 is 0 Å². The van der Waals surface area contributed by atoms with E-state index in [4.69, 9.17) is 0 Å². The predicted octanol–water partition coefficient (Wildman–Crippen LogP) is 1.94. The highest BCUT2D eigenvalue weighted by Gasteiger charge is 2.41. The van der Waals surface area contributed by atoms with E-state index >= 15 is 0 Å². The Balaban J connectivity index is 0.00000153. The van der Waals surface area contributed by atoms with Crippen molar-refractivity contribution in [2.24, 2.45) is 5.92 Å². The van der Waals surface area contributed by atoms with Crippen LogP contribution in [0.3, 0.4) is 0 Å². The summed E-state index contributed by atoms with van der Waals surface area (Å²) in [6.07, 6.45) is 10.9. The second-order valence-electron chi connectivity index (χ2n) is 9.59. The van der Waals surface area contributed by atoms with E-state index in [1.54, 1.807) is 6.20 Å². The summed E-state index contributed by atoms with van der Waals surface area (Å²) in [6.45, 7) is 6.93. The molecule has 5 N–H and O–H groups in total. The first-order valence-electron chi connectivity index (χ1n) is 11.6. The van der Waals surface area contributed by atoms with Gasteiger partial charge in [0.05, 0.1) is 12.2 Å². The van der Waals surface area contributed by atoms with Crippen molar-refractivity contribution in [1.29, 1.82) is 0 Å². The van der Waals surface area contributed by atoms with Gasteiger partial charge >= 0.3 is 0 Å². The van der Waals surface area contributed by atoms with Crippen LogP contribution in [0.1, 0.15) is 49.8 Å². The van der Waals surface area contributed by atoms with E-state index in [9.17, 15) is 4.79 Å². The molecule has 8 nitrogen and oxygen atoms in total. The van der Waals surface area contributed by atoms with Gasteiger partial charge < -0.3 is 30.3 Å². The minimum atomic E-state index is 0. The van der Waals surface area contributed by atoms with Crippen molar-refractivity contribution in [1.82, 2.24) is 24.3 Å². The van der Waals surface area contributed by atoms with Gasteiger partial charge in [-0.15, -0.1) is 0 Å². The molecule has 0 bridgehead atoms. The number of aromatic nitrogens is 3. The number of nitrogens with one attached hydrogen (secondary N) is 1. The molecule has 1 aromatic carbocycles. The molecule has 2 aromatic heterocycles. The topological polar surface area (TPSA) is 118 Å². The first-order chi connectivity index (χ1) is 15.0. The lowest BCUT2D eigenvalue weighted by atomic mass is 9.72. The van der Waals surface area contributed by atoms with Crippen LogP contribution in [0.4, 0.5) is 0 Å². The van der Waals surface area contributed by atoms with Crippen molar-refractivity contribution in [2.45, 2.75) is 57.7 Å². The number of hydrogen-bond donors (Lipinski definition) is 1. The first kappa shape index (κ1) is 25.0. The fourth-order valence-corrected chi connectivity index (χ4v) is 5.73. The second kappa shape index (κ2) is 10.1. The van der Waals surface area contributed by atoms with E-state index in [0.29, 0.717) is 24.5 Å². The number of benzene rings is 1. The number of nitrogens with zero attached hydrogens (tertiary/aromatic N) is 4. The van der Waals surface area contributed by atoms with Crippen molar-refractivity contribution in [2.75, 3.05) is 20.1 Å². The number of amides is 1. The number of carbonyl (C=O) groups excluding carboxylic acids is 1. The zero-order valence-electron chi connectivity index (χ0n) is 19.8. The van der Waals surface area contributed by atoms with Gasteiger partial charge in [-0.1, -0.05) is 12.1 Å². The van der Waals surface area contributed by atoms with Gasteiger partial charge in [0.2, 0.25) is 5.91 Å². The van der Waals surface area contributed by atoms with Gasteiger partial charge in [0.1, 0.15) is 0 Å². The minimum absolute atomic E-state index is 0. The summed E-state index contributed by atoms with van der Waals surface area (Å²) in [5.41, 5.74) is 4.25. The van der Waals surface area contributed by atoms with E-state index in [1.165, 1.54) is 22.0 Å². The average Bonchev–Trinajstić information content (AvgIpc) is 3.41.